The highest BCUT2D eigenvalue weighted by atomic mass is 16.2. The summed E-state index contributed by atoms with van der Waals surface area (Å²) < 4.78 is 0. The molecular formula is C18H22N2O. The molecule has 1 fully saturated rings. The highest BCUT2D eigenvalue weighted by Gasteiger charge is 2.31. The minimum Gasteiger partial charge on any atom is -0.337 e. The highest BCUT2D eigenvalue weighted by Crippen LogP contribution is 2.22. The van der Waals surface area contributed by atoms with Crippen molar-refractivity contribution in [2.45, 2.75) is 38.9 Å². The molecule has 1 unspecified atom stereocenters. The molecule has 0 bridgehead atoms. The van der Waals surface area contributed by atoms with Crippen molar-refractivity contribution in [1.29, 1.82) is 0 Å². The third kappa shape index (κ3) is 2.93. The Balaban J connectivity index is 1.79. The van der Waals surface area contributed by atoms with Gasteiger partial charge in [-0.15, -0.1) is 0 Å². The van der Waals surface area contributed by atoms with Crippen LogP contribution in [0.15, 0.2) is 42.5 Å². The van der Waals surface area contributed by atoms with Crippen LogP contribution in [0.2, 0.25) is 0 Å². The summed E-state index contributed by atoms with van der Waals surface area (Å²) in [6.07, 6.45) is 0.905. The fourth-order valence-corrected chi connectivity index (χ4v) is 3.09. The van der Waals surface area contributed by atoms with Gasteiger partial charge >= 0.3 is 0 Å². The minimum atomic E-state index is -0.0139. The molecule has 1 amide bonds. The van der Waals surface area contributed by atoms with Crippen LogP contribution in [0.1, 0.15) is 25.8 Å². The maximum Gasteiger partial charge on any atom is 0.240 e. The van der Waals surface area contributed by atoms with Gasteiger partial charge in [0.1, 0.15) is 0 Å². The average molecular weight is 282 g/mol. The summed E-state index contributed by atoms with van der Waals surface area (Å²) in [4.78, 5) is 14.4. The smallest absolute Gasteiger partial charge is 0.240 e. The van der Waals surface area contributed by atoms with Crippen LogP contribution < -0.4 is 5.32 Å². The van der Waals surface area contributed by atoms with Gasteiger partial charge in [0.25, 0.3) is 0 Å². The number of hydrogen-bond acceptors (Lipinski definition) is 2. The van der Waals surface area contributed by atoms with Crippen molar-refractivity contribution in [3.8, 4) is 0 Å². The predicted molar refractivity (Wildman–Crippen MR) is 86.0 cm³/mol. The van der Waals surface area contributed by atoms with Gasteiger partial charge in [0, 0.05) is 19.1 Å². The molecule has 0 spiro atoms. The number of nitrogens with one attached hydrogen (secondary N) is 1. The third-order valence-electron chi connectivity index (χ3n) is 4.07. The van der Waals surface area contributed by atoms with Crippen molar-refractivity contribution in [2.75, 3.05) is 6.54 Å². The Morgan fingerprint density at radius 2 is 1.95 bits per heavy atom. The zero-order valence-electron chi connectivity index (χ0n) is 12.7. The molecule has 1 saturated heterocycles. The van der Waals surface area contributed by atoms with Crippen LogP contribution in [0, 0.1) is 0 Å². The molecule has 110 valence electrons. The van der Waals surface area contributed by atoms with E-state index in [4.69, 9.17) is 0 Å². The summed E-state index contributed by atoms with van der Waals surface area (Å²) in [5, 5.41) is 5.83. The summed E-state index contributed by atoms with van der Waals surface area (Å²) >= 11 is 0. The van der Waals surface area contributed by atoms with Crippen molar-refractivity contribution in [2.24, 2.45) is 0 Å². The first-order valence-corrected chi connectivity index (χ1v) is 7.66. The molecule has 1 aliphatic rings. The first kappa shape index (κ1) is 14.1. The maximum atomic E-state index is 12.4. The van der Waals surface area contributed by atoms with Crippen molar-refractivity contribution in [1.82, 2.24) is 10.2 Å². The number of fused-ring (bicyclic) bond motifs is 1. The Morgan fingerprint density at radius 3 is 2.76 bits per heavy atom. The number of hydrogen-bond donors (Lipinski definition) is 1. The molecule has 0 aliphatic carbocycles. The minimum absolute atomic E-state index is 0.0139. The normalized spacial score (nSPS) is 18.9. The summed E-state index contributed by atoms with van der Waals surface area (Å²) in [6, 6.07) is 15.0. The second kappa shape index (κ2) is 5.86. The summed E-state index contributed by atoms with van der Waals surface area (Å²) in [6.45, 7) is 5.71. The molecule has 0 radical (unpaired) electrons. The number of benzene rings is 2. The second-order valence-corrected chi connectivity index (χ2v) is 6.06. The van der Waals surface area contributed by atoms with E-state index < -0.39 is 0 Å². The molecule has 0 saturated carbocycles. The number of carbonyl (C=O) groups is 1. The van der Waals surface area contributed by atoms with Crippen LogP contribution in [0.25, 0.3) is 10.8 Å². The zero-order valence-corrected chi connectivity index (χ0v) is 12.7. The lowest BCUT2D eigenvalue weighted by molar-refractivity contribution is -0.130. The standard InChI is InChI=1S/C18H22N2O/c1-13(2)19-17-10-11-20(18(17)21)12-15-8-5-7-14-6-3-4-9-16(14)15/h3-9,13,17,19H,10-12H2,1-2H3. The van der Waals surface area contributed by atoms with E-state index in [1.165, 1.54) is 16.3 Å². The van der Waals surface area contributed by atoms with E-state index in [9.17, 15) is 4.79 Å². The van der Waals surface area contributed by atoms with E-state index in [1.54, 1.807) is 0 Å². The molecule has 21 heavy (non-hydrogen) atoms. The van der Waals surface area contributed by atoms with E-state index in [-0.39, 0.29) is 11.9 Å². The van der Waals surface area contributed by atoms with E-state index in [2.05, 4.69) is 61.6 Å². The predicted octanol–water partition coefficient (Wildman–Crippen LogP) is 2.94. The maximum absolute atomic E-state index is 12.4. The molecule has 2 aromatic carbocycles. The molecule has 1 aliphatic heterocycles. The lowest BCUT2D eigenvalue weighted by atomic mass is 10.0. The van der Waals surface area contributed by atoms with Gasteiger partial charge in [-0.3, -0.25) is 4.79 Å². The van der Waals surface area contributed by atoms with Crippen molar-refractivity contribution in [3.63, 3.8) is 0 Å². The first-order valence-electron chi connectivity index (χ1n) is 7.66. The van der Waals surface area contributed by atoms with Gasteiger partial charge < -0.3 is 10.2 Å². The molecule has 2 aromatic rings. The molecule has 1 N–H and O–H groups in total. The van der Waals surface area contributed by atoms with Gasteiger partial charge in [-0.05, 0) is 22.8 Å². The summed E-state index contributed by atoms with van der Waals surface area (Å²) in [5.41, 5.74) is 1.23. The second-order valence-electron chi connectivity index (χ2n) is 6.06. The number of amides is 1. The topological polar surface area (TPSA) is 32.3 Å². The zero-order chi connectivity index (χ0) is 14.8. The highest BCUT2D eigenvalue weighted by molar-refractivity contribution is 5.87. The lowest BCUT2D eigenvalue weighted by Crippen LogP contribution is -2.41. The number of rotatable bonds is 4. The fourth-order valence-electron chi connectivity index (χ4n) is 3.09. The van der Waals surface area contributed by atoms with Crippen LogP contribution in [0.5, 0.6) is 0 Å². The monoisotopic (exact) mass is 282 g/mol. The SMILES string of the molecule is CC(C)NC1CCN(Cc2cccc3ccccc23)C1=O. The lowest BCUT2D eigenvalue weighted by Gasteiger charge is -2.19. The average Bonchev–Trinajstić information content (AvgIpc) is 2.80. The molecule has 0 aromatic heterocycles. The molecule has 1 atom stereocenters. The molecule has 1 heterocycles. The van der Waals surface area contributed by atoms with Crippen molar-refractivity contribution >= 4 is 16.7 Å². The Hall–Kier alpha value is -1.87. The van der Waals surface area contributed by atoms with E-state index >= 15 is 0 Å². The van der Waals surface area contributed by atoms with Gasteiger partial charge in [0.15, 0.2) is 0 Å². The Labute approximate surface area is 125 Å². The van der Waals surface area contributed by atoms with E-state index in [0.29, 0.717) is 12.6 Å². The number of carbonyl (C=O) groups excluding carboxylic acids is 1. The van der Waals surface area contributed by atoms with Gasteiger partial charge in [0.05, 0.1) is 6.04 Å². The largest absolute Gasteiger partial charge is 0.337 e. The van der Waals surface area contributed by atoms with E-state index in [1.807, 2.05) is 4.90 Å². The van der Waals surface area contributed by atoms with E-state index in [0.717, 1.165) is 13.0 Å². The number of nitrogens with zero attached hydrogens (tertiary/aromatic N) is 1. The molecule has 3 heteroatoms. The molecule has 3 nitrogen and oxygen atoms in total. The molecular weight excluding hydrogens is 260 g/mol. The Morgan fingerprint density at radius 1 is 1.19 bits per heavy atom. The third-order valence-corrected chi connectivity index (χ3v) is 4.07. The van der Waals surface area contributed by atoms with Crippen LogP contribution in [0.3, 0.4) is 0 Å². The van der Waals surface area contributed by atoms with Gasteiger partial charge in [-0.2, -0.15) is 0 Å². The quantitative estimate of drug-likeness (QED) is 0.935. The Kier molecular flexibility index (Phi) is 3.93. The first-order chi connectivity index (χ1) is 10.1. The Bertz CT molecular complexity index is 645. The van der Waals surface area contributed by atoms with Gasteiger partial charge in [0.2, 0.25) is 5.91 Å². The number of likely N-dealkylation sites (tertiary alicyclic amines) is 1. The van der Waals surface area contributed by atoms with Crippen LogP contribution >= 0.6 is 0 Å². The molecule has 3 rings (SSSR count). The van der Waals surface area contributed by atoms with Crippen molar-refractivity contribution < 1.29 is 4.79 Å². The van der Waals surface area contributed by atoms with Crippen LogP contribution in [-0.4, -0.2) is 29.4 Å². The van der Waals surface area contributed by atoms with Crippen molar-refractivity contribution in [3.05, 3.63) is 48.0 Å². The fraction of sp³-hybridized carbons (Fsp3) is 0.389. The van der Waals surface area contributed by atoms with Gasteiger partial charge in [-0.25, -0.2) is 0 Å². The summed E-state index contributed by atoms with van der Waals surface area (Å²) in [7, 11) is 0. The van der Waals surface area contributed by atoms with Crippen LogP contribution in [-0.2, 0) is 11.3 Å². The van der Waals surface area contributed by atoms with Gasteiger partial charge in [-0.1, -0.05) is 56.3 Å². The summed E-state index contributed by atoms with van der Waals surface area (Å²) in [5.74, 6) is 0.233. The van der Waals surface area contributed by atoms with Crippen LogP contribution in [0.4, 0.5) is 0 Å².